The van der Waals surface area contributed by atoms with E-state index in [1.807, 2.05) is 0 Å². The Bertz CT molecular complexity index is 794. The molecule has 2 rings (SSSR count). The van der Waals surface area contributed by atoms with E-state index in [-0.39, 0.29) is 51.1 Å². The molecule has 0 saturated carbocycles. The lowest BCUT2D eigenvalue weighted by Gasteiger charge is -2.11. The van der Waals surface area contributed by atoms with Gasteiger partial charge in [-0.1, -0.05) is 0 Å². The van der Waals surface area contributed by atoms with E-state index in [0.717, 1.165) is 10.8 Å². The first kappa shape index (κ1) is 24.1. The molecule has 2 heterocycles. The average Bonchev–Trinajstić information content (AvgIpc) is 3.16. The molecule has 0 aromatic carbocycles. The minimum atomic E-state index is -3.24. The molecule has 12 nitrogen and oxygen atoms in total. The fraction of sp³-hybridized carbons (Fsp3) is 0.625. The van der Waals surface area contributed by atoms with Crippen LogP contribution in [0.2, 0.25) is 0 Å². The van der Waals surface area contributed by atoms with Gasteiger partial charge in [0.1, 0.15) is 13.2 Å². The largest absolute Gasteiger partial charge is 0.447 e. The SMILES string of the molecule is O=C(NC1C=CS(=O)(=O)C1)OCCOCCOCCOC(=O)NC1C=CS(=O)(=O)C1. The average molecular weight is 469 g/mol. The molecular formula is C16H24N2O10S2. The van der Waals surface area contributed by atoms with E-state index in [2.05, 4.69) is 10.6 Å². The van der Waals surface area contributed by atoms with Gasteiger partial charge in [-0.15, -0.1) is 0 Å². The summed E-state index contributed by atoms with van der Waals surface area (Å²) in [4.78, 5) is 23.0. The molecule has 0 aliphatic carbocycles. The van der Waals surface area contributed by atoms with E-state index in [9.17, 15) is 26.4 Å². The number of hydrogen-bond donors (Lipinski definition) is 2. The van der Waals surface area contributed by atoms with Gasteiger partial charge in [-0.25, -0.2) is 26.4 Å². The molecule has 2 aliphatic rings. The number of hydrogen-bond acceptors (Lipinski definition) is 10. The minimum Gasteiger partial charge on any atom is -0.447 e. The monoisotopic (exact) mass is 468 g/mol. The lowest BCUT2D eigenvalue weighted by molar-refractivity contribution is 0.0154. The maximum Gasteiger partial charge on any atom is 0.407 e. The van der Waals surface area contributed by atoms with Crippen molar-refractivity contribution in [2.45, 2.75) is 12.1 Å². The molecule has 30 heavy (non-hydrogen) atoms. The number of nitrogens with one attached hydrogen (secondary N) is 2. The van der Waals surface area contributed by atoms with Crippen LogP contribution in [-0.2, 0) is 38.6 Å². The van der Waals surface area contributed by atoms with Crippen LogP contribution in [-0.4, -0.2) is 92.3 Å². The first-order valence-corrected chi connectivity index (χ1v) is 12.4. The second kappa shape index (κ2) is 11.3. The molecule has 0 radical (unpaired) electrons. The highest BCUT2D eigenvalue weighted by Crippen LogP contribution is 2.08. The number of carbonyl (C=O) groups excluding carboxylic acids is 2. The van der Waals surface area contributed by atoms with Gasteiger partial charge < -0.3 is 29.6 Å². The minimum absolute atomic E-state index is 0.0103. The van der Waals surface area contributed by atoms with Gasteiger partial charge >= 0.3 is 12.2 Å². The molecular weight excluding hydrogens is 444 g/mol. The van der Waals surface area contributed by atoms with Gasteiger partial charge in [0.2, 0.25) is 0 Å². The molecule has 2 aliphatic heterocycles. The quantitative estimate of drug-likeness (QED) is 0.363. The van der Waals surface area contributed by atoms with Gasteiger partial charge in [0, 0.05) is 10.8 Å². The van der Waals surface area contributed by atoms with E-state index >= 15 is 0 Å². The third-order valence-corrected chi connectivity index (χ3v) is 6.55. The Balaban J connectivity index is 1.37. The second-order valence-corrected chi connectivity index (χ2v) is 10.2. The Kier molecular flexibility index (Phi) is 9.08. The maximum atomic E-state index is 11.5. The number of ether oxygens (including phenoxy) is 4. The smallest absolute Gasteiger partial charge is 0.407 e. The summed E-state index contributed by atoms with van der Waals surface area (Å²) in [6.45, 7) is 0.697. The fourth-order valence-corrected chi connectivity index (χ4v) is 4.90. The Labute approximate surface area is 174 Å². The summed E-state index contributed by atoms with van der Waals surface area (Å²) >= 11 is 0. The molecule has 0 bridgehead atoms. The molecule has 2 N–H and O–H groups in total. The van der Waals surface area contributed by atoms with Crippen LogP contribution < -0.4 is 10.6 Å². The number of sulfone groups is 2. The van der Waals surface area contributed by atoms with Crippen LogP contribution in [0.5, 0.6) is 0 Å². The predicted octanol–water partition coefficient (Wildman–Crippen LogP) is -0.907. The number of carbonyl (C=O) groups is 2. The summed E-state index contributed by atoms with van der Waals surface area (Å²) in [6.07, 6.45) is 1.30. The molecule has 2 atom stereocenters. The zero-order valence-electron chi connectivity index (χ0n) is 16.0. The van der Waals surface area contributed by atoms with Gasteiger partial charge in [0.05, 0.1) is 50.0 Å². The topological polar surface area (TPSA) is 163 Å². The van der Waals surface area contributed by atoms with Gasteiger partial charge in [-0.05, 0) is 12.2 Å². The van der Waals surface area contributed by atoms with Gasteiger partial charge in [0.25, 0.3) is 0 Å². The van der Waals surface area contributed by atoms with E-state index in [1.54, 1.807) is 0 Å². The zero-order valence-corrected chi connectivity index (χ0v) is 17.7. The standard InChI is InChI=1S/C16H24N2O10S2/c19-15(17-13-1-9-29(21,22)11-13)27-7-5-25-3-4-26-6-8-28-16(20)18-14-2-10-30(23,24)12-14/h1-2,9-10,13-14H,3-8,11-12H2,(H,17,19)(H,18,20). The van der Waals surface area contributed by atoms with E-state index < -0.39 is 43.9 Å². The van der Waals surface area contributed by atoms with Crippen LogP contribution in [0.4, 0.5) is 9.59 Å². The normalized spacial score (nSPS) is 23.2. The van der Waals surface area contributed by atoms with E-state index in [0.29, 0.717) is 0 Å². The van der Waals surface area contributed by atoms with E-state index in [4.69, 9.17) is 18.9 Å². The van der Waals surface area contributed by atoms with Crippen LogP contribution in [0.3, 0.4) is 0 Å². The molecule has 14 heteroatoms. The Hall–Kier alpha value is -2.16. The Morgan fingerprint density at radius 3 is 1.40 bits per heavy atom. The van der Waals surface area contributed by atoms with Crippen LogP contribution in [0.15, 0.2) is 23.0 Å². The highest BCUT2D eigenvalue weighted by Gasteiger charge is 2.24. The van der Waals surface area contributed by atoms with Gasteiger partial charge in [-0.2, -0.15) is 0 Å². The summed E-state index contributed by atoms with van der Waals surface area (Å²) in [5, 5.41) is 6.92. The van der Waals surface area contributed by atoms with E-state index in [1.165, 1.54) is 12.2 Å². The lowest BCUT2D eigenvalue weighted by Crippen LogP contribution is -2.36. The summed E-state index contributed by atoms with van der Waals surface area (Å²) in [5.41, 5.74) is 0. The van der Waals surface area contributed by atoms with Crippen molar-refractivity contribution >= 4 is 31.9 Å². The summed E-state index contributed by atoms with van der Waals surface area (Å²) in [6, 6.07) is -1.19. The third kappa shape index (κ3) is 9.56. The summed E-state index contributed by atoms with van der Waals surface area (Å²) < 4.78 is 65.0. The van der Waals surface area contributed by atoms with Crippen LogP contribution in [0, 0.1) is 0 Å². The molecule has 0 saturated heterocycles. The highest BCUT2D eigenvalue weighted by atomic mass is 32.2. The highest BCUT2D eigenvalue weighted by molar-refractivity contribution is 7.94. The van der Waals surface area contributed by atoms with Crippen LogP contribution in [0.1, 0.15) is 0 Å². The maximum absolute atomic E-state index is 11.5. The van der Waals surface area contributed by atoms with Crippen molar-refractivity contribution in [3.63, 3.8) is 0 Å². The fourth-order valence-electron chi connectivity index (χ4n) is 2.43. The van der Waals surface area contributed by atoms with Crippen molar-refractivity contribution in [1.82, 2.24) is 10.6 Å². The number of alkyl carbamates (subject to hydrolysis) is 2. The van der Waals surface area contributed by atoms with Crippen molar-refractivity contribution < 1.29 is 45.4 Å². The van der Waals surface area contributed by atoms with Gasteiger partial charge in [0.15, 0.2) is 19.7 Å². The first-order valence-electron chi connectivity index (χ1n) is 8.99. The molecule has 0 aromatic heterocycles. The predicted molar refractivity (Wildman–Crippen MR) is 104 cm³/mol. The molecule has 0 fully saturated rings. The molecule has 2 unspecified atom stereocenters. The Morgan fingerprint density at radius 1 is 0.700 bits per heavy atom. The zero-order chi connectivity index (χ0) is 22.0. The molecule has 0 aromatic rings. The van der Waals surface area contributed by atoms with Crippen molar-refractivity contribution in [1.29, 1.82) is 0 Å². The first-order chi connectivity index (χ1) is 14.2. The molecule has 0 spiro atoms. The number of amides is 2. The second-order valence-electron chi connectivity index (χ2n) is 6.31. The summed E-state index contributed by atoms with van der Waals surface area (Å²) in [7, 11) is -6.49. The van der Waals surface area contributed by atoms with Gasteiger partial charge in [-0.3, -0.25) is 0 Å². The summed E-state index contributed by atoms with van der Waals surface area (Å²) in [5.74, 6) is -0.359. The molecule has 170 valence electrons. The van der Waals surface area contributed by atoms with Crippen LogP contribution >= 0.6 is 0 Å². The lowest BCUT2D eigenvalue weighted by atomic mass is 10.3. The molecule has 2 amide bonds. The van der Waals surface area contributed by atoms with Crippen molar-refractivity contribution in [2.24, 2.45) is 0 Å². The van der Waals surface area contributed by atoms with Crippen LogP contribution in [0.25, 0.3) is 0 Å². The van der Waals surface area contributed by atoms with Crippen molar-refractivity contribution in [2.75, 3.05) is 51.1 Å². The Morgan fingerprint density at radius 2 is 1.07 bits per heavy atom. The third-order valence-electron chi connectivity index (χ3n) is 3.76. The van der Waals surface area contributed by atoms with Crippen molar-refractivity contribution in [3.05, 3.63) is 23.0 Å². The van der Waals surface area contributed by atoms with Crippen molar-refractivity contribution in [3.8, 4) is 0 Å². The number of rotatable bonds is 11.